The summed E-state index contributed by atoms with van der Waals surface area (Å²) in [6.07, 6.45) is -0.576. The van der Waals surface area contributed by atoms with Crippen molar-refractivity contribution in [2.45, 2.75) is 73.1 Å². The number of hydrogen-bond acceptors (Lipinski definition) is 7. The van der Waals surface area contributed by atoms with Crippen LogP contribution in [0, 0.1) is 6.92 Å². The molecule has 0 saturated carbocycles. The molecule has 0 aliphatic rings. The highest BCUT2D eigenvalue weighted by atomic mass is 16.6. The number of aromatic nitrogens is 3. The second kappa shape index (κ2) is 9.93. The normalized spacial score (nSPS) is 11.9. The number of aryl methyl sites for hydroxylation is 1. The van der Waals surface area contributed by atoms with Crippen molar-refractivity contribution in [2.75, 3.05) is 11.9 Å². The largest absolute Gasteiger partial charge is 0.462 e. The number of para-hydroxylation sites is 1. The fourth-order valence-electron chi connectivity index (χ4n) is 3.50. The highest BCUT2D eigenvalue weighted by molar-refractivity contribution is 5.96. The van der Waals surface area contributed by atoms with Crippen molar-refractivity contribution in [2.24, 2.45) is 0 Å². The van der Waals surface area contributed by atoms with Gasteiger partial charge in [0.2, 0.25) is 0 Å². The maximum absolute atomic E-state index is 12.7. The van der Waals surface area contributed by atoms with Crippen molar-refractivity contribution in [3.05, 3.63) is 41.2 Å². The van der Waals surface area contributed by atoms with Gasteiger partial charge in [-0.05, 0) is 67.5 Å². The Hall–Kier alpha value is -3.62. The maximum atomic E-state index is 12.7. The number of H-pyrrole nitrogens is 1. The van der Waals surface area contributed by atoms with E-state index in [2.05, 4.69) is 36.4 Å². The van der Waals surface area contributed by atoms with Gasteiger partial charge in [0, 0.05) is 22.5 Å². The molecule has 35 heavy (non-hydrogen) atoms. The van der Waals surface area contributed by atoms with Crippen LogP contribution in [0.15, 0.2) is 24.3 Å². The Labute approximate surface area is 206 Å². The van der Waals surface area contributed by atoms with Crippen LogP contribution >= 0.6 is 0 Å². The lowest BCUT2D eigenvalue weighted by Crippen LogP contribution is -2.32. The van der Waals surface area contributed by atoms with E-state index in [9.17, 15) is 9.59 Å². The van der Waals surface area contributed by atoms with E-state index in [0.29, 0.717) is 28.3 Å². The number of anilines is 1. The van der Waals surface area contributed by atoms with E-state index in [0.717, 1.165) is 16.8 Å². The molecule has 3 N–H and O–H groups in total. The van der Waals surface area contributed by atoms with Crippen LogP contribution in [-0.4, -0.2) is 44.8 Å². The van der Waals surface area contributed by atoms with E-state index >= 15 is 0 Å². The molecule has 0 saturated heterocycles. The van der Waals surface area contributed by atoms with Crippen LogP contribution < -0.4 is 10.6 Å². The predicted octanol–water partition coefficient (Wildman–Crippen LogP) is 5.35. The highest BCUT2D eigenvalue weighted by Gasteiger charge is 2.22. The summed E-state index contributed by atoms with van der Waals surface area (Å²) in [4.78, 5) is 37.7. The van der Waals surface area contributed by atoms with Crippen molar-refractivity contribution in [3.63, 3.8) is 0 Å². The number of fused-ring (bicyclic) bond motifs is 1. The number of rotatable bonds is 6. The number of aromatic amines is 1. The van der Waals surface area contributed by atoms with E-state index < -0.39 is 17.7 Å². The lowest BCUT2D eigenvalue weighted by Gasteiger charge is -2.22. The van der Waals surface area contributed by atoms with Crippen LogP contribution in [-0.2, 0) is 16.0 Å². The topological polar surface area (TPSA) is 118 Å². The van der Waals surface area contributed by atoms with Crippen molar-refractivity contribution in [1.29, 1.82) is 0 Å². The fraction of sp³-hybridized carbons (Fsp3) is 0.462. The molecular formula is C26H35N5O4. The van der Waals surface area contributed by atoms with Crippen molar-refractivity contribution in [3.8, 4) is 11.3 Å². The number of amides is 1. The first-order valence-electron chi connectivity index (χ1n) is 11.7. The molecule has 3 aromatic rings. The second-order valence-electron chi connectivity index (χ2n) is 10.4. The molecule has 2 heterocycles. The first kappa shape index (κ1) is 26.0. The lowest BCUT2D eigenvalue weighted by atomic mass is 10.1. The Kier molecular flexibility index (Phi) is 7.38. The summed E-state index contributed by atoms with van der Waals surface area (Å²) >= 11 is 0. The lowest BCUT2D eigenvalue weighted by molar-refractivity contribution is 0.0502. The molecule has 0 radical (unpaired) electrons. The van der Waals surface area contributed by atoms with E-state index in [1.165, 1.54) is 0 Å². The molecule has 9 nitrogen and oxygen atoms in total. The number of ether oxygens (including phenoxy) is 2. The van der Waals surface area contributed by atoms with Crippen molar-refractivity contribution < 1.29 is 19.1 Å². The summed E-state index contributed by atoms with van der Waals surface area (Å²) in [5.41, 5.74) is 3.69. The maximum Gasteiger partial charge on any atom is 0.407 e. The number of carbonyl (C=O) groups excluding carboxylic acids is 2. The third-order valence-electron chi connectivity index (χ3n) is 4.86. The SMILES string of the molecule is CCOC(=O)c1cc(-c2cccc3nc(C)c(NC(C)(C)C)nc23)[nH]c1CNC(=O)OC(C)(C)C. The minimum atomic E-state index is -0.631. The van der Waals surface area contributed by atoms with Gasteiger partial charge in [0.05, 0.1) is 29.9 Å². The summed E-state index contributed by atoms with van der Waals surface area (Å²) in [7, 11) is 0. The van der Waals surface area contributed by atoms with Crippen LogP contribution in [0.5, 0.6) is 0 Å². The van der Waals surface area contributed by atoms with Crippen molar-refractivity contribution >= 4 is 28.9 Å². The van der Waals surface area contributed by atoms with Crippen molar-refractivity contribution in [1.82, 2.24) is 20.3 Å². The average molecular weight is 482 g/mol. The van der Waals surface area contributed by atoms with Crippen LogP contribution in [0.2, 0.25) is 0 Å². The van der Waals surface area contributed by atoms with Crippen LogP contribution in [0.25, 0.3) is 22.3 Å². The van der Waals surface area contributed by atoms with Gasteiger partial charge in [-0.2, -0.15) is 0 Å². The highest BCUT2D eigenvalue weighted by Crippen LogP contribution is 2.30. The van der Waals surface area contributed by atoms with E-state index in [-0.39, 0.29) is 18.7 Å². The first-order chi connectivity index (χ1) is 16.3. The third-order valence-corrected chi connectivity index (χ3v) is 4.86. The quantitative estimate of drug-likeness (QED) is 0.406. The number of benzene rings is 1. The predicted molar refractivity (Wildman–Crippen MR) is 136 cm³/mol. The van der Waals surface area contributed by atoms with Gasteiger partial charge in [-0.3, -0.25) is 0 Å². The zero-order valence-electron chi connectivity index (χ0n) is 21.8. The number of alkyl carbamates (subject to hydrolysis) is 1. The molecule has 1 aromatic carbocycles. The van der Waals surface area contributed by atoms with Gasteiger partial charge >= 0.3 is 12.1 Å². The molecule has 0 spiro atoms. The molecule has 188 valence electrons. The summed E-state index contributed by atoms with van der Waals surface area (Å²) < 4.78 is 10.6. The Morgan fingerprint density at radius 2 is 1.80 bits per heavy atom. The summed E-state index contributed by atoms with van der Waals surface area (Å²) in [5, 5.41) is 6.10. The van der Waals surface area contributed by atoms with Gasteiger partial charge < -0.3 is 25.1 Å². The zero-order valence-corrected chi connectivity index (χ0v) is 21.8. The Morgan fingerprint density at radius 1 is 1.09 bits per heavy atom. The van der Waals surface area contributed by atoms with Gasteiger partial charge in [-0.1, -0.05) is 12.1 Å². The molecule has 2 aromatic heterocycles. The van der Waals surface area contributed by atoms with Gasteiger partial charge in [0.1, 0.15) is 16.9 Å². The minimum Gasteiger partial charge on any atom is -0.462 e. The Bertz CT molecular complexity index is 1230. The van der Waals surface area contributed by atoms with Gasteiger partial charge in [0.25, 0.3) is 0 Å². The summed E-state index contributed by atoms with van der Waals surface area (Å²) in [5.74, 6) is 0.217. The molecular weight excluding hydrogens is 446 g/mol. The molecule has 0 aliphatic heterocycles. The molecule has 0 atom stereocenters. The van der Waals surface area contributed by atoms with E-state index in [1.54, 1.807) is 33.8 Å². The summed E-state index contributed by atoms with van der Waals surface area (Å²) in [6, 6.07) is 7.43. The zero-order chi connectivity index (χ0) is 26.0. The van der Waals surface area contributed by atoms with E-state index in [4.69, 9.17) is 19.4 Å². The van der Waals surface area contributed by atoms with Crippen LogP contribution in [0.1, 0.15) is 70.2 Å². The number of nitrogens with zero attached hydrogens (tertiary/aromatic N) is 2. The molecule has 0 bridgehead atoms. The monoisotopic (exact) mass is 481 g/mol. The Balaban J connectivity index is 2.04. The number of hydrogen-bond donors (Lipinski definition) is 3. The average Bonchev–Trinajstić information content (AvgIpc) is 3.14. The number of nitrogens with one attached hydrogen (secondary N) is 3. The smallest absolute Gasteiger partial charge is 0.407 e. The fourth-order valence-corrected chi connectivity index (χ4v) is 3.50. The standard InChI is InChI=1S/C26H35N5O4/c1-9-34-23(32)17-13-19(29-20(17)14-27-24(33)35-26(6,7)8)16-11-10-12-18-21(16)30-22(15(2)28-18)31-25(3,4)5/h10-13,29H,9,14H2,1-8H3,(H,27,33)(H,30,31). The third kappa shape index (κ3) is 6.71. The number of carbonyl (C=O) groups is 2. The second-order valence-corrected chi connectivity index (χ2v) is 10.4. The van der Waals surface area contributed by atoms with E-state index in [1.807, 2.05) is 25.1 Å². The minimum absolute atomic E-state index is 0.0649. The molecule has 0 aliphatic carbocycles. The molecule has 9 heteroatoms. The molecule has 3 rings (SSSR count). The van der Waals surface area contributed by atoms with Gasteiger partial charge in [-0.25, -0.2) is 19.6 Å². The molecule has 0 fully saturated rings. The van der Waals surface area contributed by atoms with Crippen LogP contribution in [0.3, 0.4) is 0 Å². The van der Waals surface area contributed by atoms with Gasteiger partial charge in [0.15, 0.2) is 0 Å². The van der Waals surface area contributed by atoms with Gasteiger partial charge in [-0.15, -0.1) is 0 Å². The Morgan fingerprint density at radius 3 is 2.43 bits per heavy atom. The van der Waals surface area contributed by atoms with Crippen LogP contribution in [0.4, 0.5) is 10.6 Å². The first-order valence-corrected chi connectivity index (χ1v) is 11.7. The number of esters is 1. The molecule has 1 amide bonds. The molecule has 0 unspecified atom stereocenters. The summed E-state index contributed by atoms with van der Waals surface area (Å²) in [6.45, 7) is 15.5.